The summed E-state index contributed by atoms with van der Waals surface area (Å²) < 4.78 is 0. The van der Waals surface area contributed by atoms with Gasteiger partial charge in [0.15, 0.2) is 0 Å². The van der Waals surface area contributed by atoms with Crippen LogP contribution in [0, 0.1) is 11.8 Å². The van der Waals surface area contributed by atoms with Crippen molar-refractivity contribution in [2.45, 2.75) is 83.2 Å². The molecule has 4 atom stereocenters. The first-order chi connectivity index (χ1) is 9.15. The molecular weight excluding hydrogens is 272 g/mol. The molecule has 0 aromatic carbocycles. The first-order valence-corrected chi connectivity index (χ1v) is 8.20. The Kier molecular flexibility index (Phi) is 7.90. The maximum Gasteiger partial charge on any atom is 0.220 e. The van der Waals surface area contributed by atoms with Gasteiger partial charge in [0.25, 0.3) is 0 Å². The molecule has 0 bridgehead atoms. The highest BCUT2D eigenvalue weighted by atomic mass is 35.5. The van der Waals surface area contributed by atoms with Crippen LogP contribution in [0.3, 0.4) is 0 Å². The minimum absolute atomic E-state index is 0. The van der Waals surface area contributed by atoms with E-state index in [-0.39, 0.29) is 24.4 Å². The lowest BCUT2D eigenvalue weighted by molar-refractivity contribution is -0.123. The van der Waals surface area contributed by atoms with E-state index in [9.17, 15) is 4.79 Å². The molecule has 3 N–H and O–H groups in total. The minimum atomic E-state index is 0. The Bertz CT molecular complexity index is 298. The Labute approximate surface area is 129 Å². The maximum absolute atomic E-state index is 12.2. The predicted octanol–water partition coefficient (Wildman–Crippen LogP) is 3.40. The van der Waals surface area contributed by atoms with Crippen molar-refractivity contribution in [2.75, 3.05) is 0 Å². The molecule has 0 saturated heterocycles. The third kappa shape index (κ3) is 5.61. The maximum atomic E-state index is 12.2. The van der Waals surface area contributed by atoms with E-state index in [4.69, 9.17) is 5.73 Å². The van der Waals surface area contributed by atoms with Crippen LogP contribution >= 0.6 is 12.4 Å². The molecule has 1 amide bonds. The molecule has 4 heteroatoms. The van der Waals surface area contributed by atoms with Crippen LogP contribution in [0.4, 0.5) is 0 Å². The van der Waals surface area contributed by atoms with Gasteiger partial charge in [-0.05, 0) is 43.9 Å². The Morgan fingerprint density at radius 3 is 2.55 bits per heavy atom. The normalized spacial score (nSPS) is 34.7. The standard InChI is InChI=1S/C16H30N2O.ClH/c1-12-5-4-7-14(10-9-12)18-16(19)11-13-6-2-3-8-15(13)17;/h12-15H,2-11,17H2,1H3,(H,18,19);1H. The summed E-state index contributed by atoms with van der Waals surface area (Å²) in [7, 11) is 0. The van der Waals surface area contributed by atoms with Crippen LogP contribution in [0.15, 0.2) is 0 Å². The van der Waals surface area contributed by atoms with Crippen molar-refractivity contribution < 1.29 is 4.79 Å². The third-order valence-corrected chi connectivity index (χ3v) is 5.04. The first kappa shape index (κ1) is 17.8. The minimum Gasteiger partial charge on any atom is -0.353 e. The second-order valence-electron chi connectivity index (χ2n) is 6.79. The van der Waals surface area contributed by atoms with Gasteiger partial charge in [0.1, 0.15) is 0 Å². The summed E-state index contributed by atoms with van der Waals surface area (Å²) >= 11 is 0. The SMILES string of the molecule is CC1CCCC(NC(=O)CC2CCCCC2N)CC1.Cl. The molecule has 2 saturated carbocycles. The van der Waals surface area contributed by atoms with Gasteiger partial charge < -0.3 is 11.1 Å². The van der Waals surface area contributed by atoms with Gasteiger partial charge >= 0.3 is 0 Å². The number of hydrogen-bond acceptors (Lipinski definition) is 2. The number of hydrogen-bond donors (Lipinski definition) is 2. The third-order valence-electron chi connectivity index (χ3n) is 5.04. The van der Waals surface area contributed by atoms with E-state index in [0.717, 1.165) is 31.6 Å². The van der Waals surface area contributed by atoms with E-state index in [1.807, 2.05) is 0 Å². The summed E-state index contributed by atoms with van der Waals surface area (Å²) in [6.45, 7) is 2.32. The lowest BCUT2D eigenvalue weighted by Crippen LogP contribution is -2.40. The predicted molar refractivity (Wildman–Crippen MR) is 86.0 cm³/mol. The van der Waals surface area contributed by atoms with Gasteiger partial charge in [0.2, 0.25) is 5.91 Å². The summed E-state index contributed by atoms with van der Waals surface area (Å²) in [5.41, 5.74) is 6.12. The molecular formula is C16H31ClN2O. The zero-order chi connectivity index (χ0) is 13.7. The molecule has 0 heterocycles. The highest BCUT2D eigenvalue weighted by molar-refractivity contribution is 5.85. The number of rotatable bonds is 3. The van der Waals surface area contributed by atoms with Gasteiger partial charge in [-0.15, -0.1) is 12.4 Å². The average molecular weight is 303 g/mol. The molecule has 4 unspecified atom stereocenters. The quantitative estimate of drug-likeness (QED) is 0.785. The largest absolute Gasteiger partial charge is 0.353 e. The summed E-state index contributed by atoms with van der Waals surface area (Å²) in [6.07, 6.45) is 11.5. The average Bonchev–Trinajstić information content (AvgIpc) is 2.57. The van der Waals surface area contributed by atoms with Crippen molar-refractivity contribution in [3.63, 3.8) is 0 Å². The lowest BCUT2D eigenvalue weighted by Gasteiger charge is -2.28. The number of carbonyl (C=O) groups excluding carboxylic acids is 1. The van der Waals surface area contributed by atoms with Gasteiger partial charge in [0.05, 0.1) is 0 Å². The molecule has 2 fully saturated rings. The van der Waals surface area contributed by atoms with Gasteiger partial charge in [-0.25, -0.2) is 0 Å². The molecule has 2 aliphatic carbocycles. The van der Waals surface area contributed by atoms with Gasteiger partial charge in [-0.1, -0.05) is 32.6 Å². The van der Waals surface area contributed by atoms with E-state index in [2.05, 4.69) is 12.2 Å². The fraction of sp³-hybridized carbons (Fsp3) is 0.938. The van der Waals surface area contributed by atoms with Crippen LogP contribution < -0.4 is 11.1 Å². The first-order valence-electron chi connectivity index (χ1n) is 8.20. The van der Waals surface area contributed by atoms with Crippen molar-refractivity contribution in [2.24, 2.45) is 17.6 Å². The zero-order valence-electron chi connectivity index (χ0n) is 12.8. The van der Waals surface area contributed by atoms with E-state index in [0.29, 0.717) is 18.4 Å². The molecule has 0 aliphatic heterocycles. The Morgan fingerprint density at radius 2 is 1.80 bits per heavy atom. The zero-order valence-corrected chi connectivity index (χ0v) is 13.6. The monoisotopic (exact) mass is 302 g/mol. The molecule has 3 nitrogen and oxygen atoms in total. The van der Waals surface area contributed by atoms with E-state index in [1.54, 1.807) is 0 Å². The second-order valence-corrected chi connectivity index (χ2v) is 6.79. The second kappa shape index (κ2) is 8.89. The number of nitrogens with two attached hydrogens (primary N) is 1. The molecule has 20 heavy (non-hydrogen) atoms. The smallest absolute Gasteiger partial charge is 0.220 e. The topological polar surface area (TPSA) is 55.1 Å². The Morgan fingerprint density at radius 1 is 1.05 bits per heavy atom. The van der Waals surface area contributed by atoms with Crippen LogP contribution in [0.1, 0.15) is 71.1 Å². The Hall–Kier alpha value is -0.280. The van der Waals surface area contributed by atoms with Crippen molar-refractivity contribution in [3.8, 4) is 0 Å². The molecule has 2 aliphatic rings. The van der Waals surface area contributed by atoms with E-state index in [1.165, 1.54) is 32.1 Å². The van der Waals surface area contributed by atoms with Crippen LogP contribution in [0.5, 0.6) is 0 Å². The van der Waals surface area contributed by atoms with Gasteiger partial charge in [0, 0.05) is 18.5 Å². The van der Waals surface area contributed by atoms with Gasteiger partial charge in [-0.3, -0.25) is 4.79 Å². The molecule has 118 valence electrons. The number of carbonyl (C=O) groups is 1. The molecule has 2 rings (SSSR count). The van der Waals surface area contributed by atoms with Crippen LogP contribution in [0.25, 0.3) is 0 Å². The molecule has 0 radical (unpaired) electrons. The lowest BCUT2D eigenvalue weighted by atomic mass is 9.83. The van der Waals surface area contributed by atoms with Crippen LogP contribution in [0.2, 0.25) is 0 Å². The number of amides is 1. The van der Waals surface area contributed by atoms with Crippen molar-refractivity contribution in [3.05, 3.63) is 0 Å². The molecule has 0 aromatic heterocycles. The highest BCUT2D eigenvalue weighted by Crippen LogP contribution is 2.26. The summed E-state index contributed by atoms with van der Waals surface area (Å²) in [6, 6.07) is 0.658. The molecule has 0 aromatic rings. The fourth-order valence-corrected chi connectivity index (χ4v) is 3.65. The fourth-order valence-electron chi connectivity index (χ4n) is 3.65. The number of halogens is 1. The van der Waals surface area contributed by atoms with Crippen molar-refractivity contribution >= 4 is 18.3 Å². The van der Waals surface area contributed by atoms with E-state index >= 15 is 0 Å². The van der Waals surface area contributed by atoms with Crippen LogP contribution in [-0.2, 0) is 4.79 Å². The Balaban J connectivity index is 0.00000200. The number of nitrogens with one attached hydrogen (secondary N) is 1. The van der Waals surface area contributed by atoms with E-state index < -0.39 is 0 Å². The van der Waals surface area contributed by atoms with Crippen LogP contribution in [-0.4, -0.2) is 18.0 Å². The summed E-state index contributed by atoms with van der Waals surface area (Å²) in [5, 5.41) is 3.25. The summed E-state index contributed by atoms with van der Waals surface area (Å²) in [4.78, 5) is 12.2. The van der Waals surface area contributed by atoms with Crippen molar-refractivity contribution in [1.29, 1.82) is 0 Å². The molecule has 0 spiro atoms. The summed E-state index contributed by atoms with van der Waals surface area (Å²) in [5.74, 6) is 1.48. The highest BCUT2D eigenvalue weighted by Gasteiger charge is 2.25. The van der Waals surface area contributed by atoms with Crippen molar-refractivity contribution in [1.82, 2.24) is 5.32 Å². The van der Waals surface area contributed by atoms with Gasteiger partial charge in [-0.2, -0.15) is 0 Å².